The summed E-state index contributed by atoms with van der Waals surface area (Å²) in [4.78, 5) is 37.3. The molecule has 4 aromatic rings. The maximum absolute atomic E-state index is 13.9. The van der Waals surface area contributed by atoms with E-state index in [9.17, 15) is 9.59 Å². The second kappa shape index (κ2) is 8.08. The molecule has 0 aliphatic carbocycles. The first-order valence-corrected chi connectivity index (χ1v) is 12.2. The molecule has 0 bridgehead atoms. The fourth-order valence-electron chi connectivity index (χ4n) is 5.28. The zero-order chi connectivity index (χ0) is 26.0. The minimum Gasteiger partial charge on any atom is -0.268 e. The largest absolute Gasteiger partial charge is 0.268 e. The number of allylic oxidation sites excluding steroid dienone is 9. The van der Waals surface area contributed by atoms with E-state index < -0.39 is 0 Å². The summed E-state index contributed by atoms with van der Waals surface area (Å²) in [6.45, 7) is 7.84. The van der Waals surface area contributed by atoms with Crippen molar-refractivity contribution in [2.75, 3.05) is 0 Å². The summed E-state index contributed by atoms with van der Waals surface area (Å²) >= 11 is 0. The SMILES string of the molecule is C=C/C=C\C1=C/C=C\C=C/C(=C)n2c(=O)c3cc4c5nc6cccc7cccc(c76)n-5c(=O)c4cc3/c2=N/1. The molecule has 3 aliphatic rings. The molecule has 4 heterocycles. The Morgan fingerprint density at radius 2 is 1.61 bits per heavy atom. The van der Waals surface area contributed by atoms with Crippen LogP contribution in [0.3, 0.4) is 0 Å². The Balaban J connectivity index is 1.66. The average molecular weight is 493 g/mol. The Bertz CT molecular complexity index is 2250. The third-order valence-electron chi connectivity index (χ3n) is 6.96. The van der Waals surface area contributed by atoms with Gasteiger partial charge in [0.05, 0.1) is 27.5 Å². The lowest BCUT2D eigenvalue weighted by Gasteiger charge is -2.11. The molecule has 0 saturated heterocycles. The van der Waals surface area contributed by atoms with Gasteiger partial charge < -0.3 is 0 Å². The van der Waals surface area contributed by atoms with E-state index in [2.05, 4.69) is 13.2 Å². The van der Waals surface area contributed by atoms with Gasteiger partial charge in [-0.15, -0.1) is 0 Å². The molecule has 0 unspecified atom stereocenters. The highest BCUT2D eigenvalue weighted by atomic mass is 16.1. The van der Waals surface area contributed by atoms with E-state index >= 15 is 0 Å². The van der Waals surface area contributed by atoms with Crippen LogP contribution in [0.5, 0.6) is 0 Å². The third-order valence-corrected chi connectivity index (χ3v) is 6.96. The van der Waals surface area contributed by atoms with Crippen LogP contribution in [-0.2, 0) is 0 Å². The van der Waals surface area contributed by atoms with Gasteiger partial charge in [0.1, 0.15) is 11.3 Å². The molecule has 7 rings (SSSR count). The van der Waals surface area contributed by atoms with Crippen molar-refractivity contribution >= 4 is 49.0 Å². The van der Waals surface area contributed by atoms with Crippen LogP contribution in [0.15, 0.2) is 131 Å². The summed E-state index contributed by atoms with van der Waals surface area (Å²) in [6.07, 6.45) is 14.4. The maximum atomic E-state index is 13.9. The van der Waals surface area contributed by atoms with Crippen LogP contribution in [-0.4, -0.2) is 14.1 Å². The van der Waals surface area contributed by atoms with Gasteiger partial charge in [0.25, 0.3) is 11.1 Å². The van der Waals surface area contributed by atoms with Crippen molar-refractivity contribution in [1.82, 2.24) is 14.1 Å². The molecule has 0 fully saturated rings. The molecule has 3 aliphatic heterocycles. The minimum absolute atomic E-state index is 0.182. The Morgan fingerprint density at radius 3 is 2.45 bits per heavy atom. The molecule has 180 valence electrons. The van der Waals surface area contributed by atoms with Gasteiger partial charge in [-0.2, -0.15) is 0 Å². The Kier molecular flexibility index (Phi) is 4.65. The number of hydrogen-bond acceptors (Lipinski definition) is 4. The fourth-order valence-corrected chi connectivity index (χ4v) is 5.28. The molecule has 0 radical (unpaired) electrons. The van der Waals surface area contributed by atoms with Crippen molar-refractivity contribution in [3.05, 3.63) is 142 Å². The zero-order valence-corrected chi connectivity index (χ0v) is 20.3. The van der Waals surface area contributed by atoms with Crippen molar-refractivity contribution in [2.24, 2.45) is 4.99 Å². The first kappa shape index (κ1) is 21.9. The van der Waals surface area contributed by atoms with Gasteiger partial charge in [0.15, 0.2) is 0 Å². The number of fused-ring (bicyclic) bond motifs is 7. The maximum Gasteiger partial charge on any atom is 0.264 e. The highest BCUT2D eigenvalue weighted by Gasteiger charge is 2.23. The van der Waals surface area contributed by atoms with Gasteiger partial charge in [-0.25, -0.2) is 9.98 Å². The predicted octanol–water partition coefficient (Wildman–Crippen LogP) is 5.44. The standard InChI is InChI=1S/C32H20N4O2/c1-3-4-13-21-14-7-5-6-10-19(2)35-29(33-21)22-17-25-23(18-24(22)31(35)37)30-34-26-15-8-11-20-12-9-16-27(28(20)26)36(30)32(25)38/h3-18H,1-2H2/b7-5-,10-6-,13-4-,21-14+,33-29-. The summed E-state index contributed by atoms with van der Waals surface area (Å²) in [5.74, 6) is 0.527. The highest BCUT2D eigenvalue weighted by Crippen LogP contribution is 2.32. The van der Waals surface area contributed by atoms with Crippen LogP contribution < -0.4 is 16.6 Å². The van der Waals surface area contributed by atoms with E-state index in [1.807, 2.05) is 66.8 Å². The van der Waals surface area contributed by atoms with E-state index in [1.54, 1.807) is 34.9 Å². The Labute approximate surface area is 216 Å². The number of hydrogen-bond donors (Lipinski definition) is 0. The van der Waals surface area contributed by atoms with Crippen molar-refractivity contribution in [3.63, 3.8) is 0 Å². The van der Waals surface area contributed by atoms with E-state index in [0.29, 0.717) is 44.2 Å². The minimum atomic E-state index is -0.252. The van der Waals surface area contributed by atoms with Gasteiger partial charge in [-0.3, -0.25) is 18.7 Å². The van der Waals surface area contributed by atoms with Crippen LogP contribution in [0.1, 0.15) is 0 Å². The summed E-state index contributed by atoms with van der Waals surface area (Å²) in [7, 11) is 0. The summed E-state index contributed by atoms with van der Waals surface area (Å²) in [5, 5.41) is 4.09. The second-order valence-electron chi connectivity index (χ2n) is 9.17. The van der Waals surface area contributed by atoms with Crippen LogP contribution in [0.2, 0.25) is 0 Å². The molecule has 6 nitrogen and oxygen atoms in total. The van der Waals surface area contributed by atoms with Crippen LogP contribution >= 0.6 is 0 Å². The van der Waals surface area contributed by atoms with Gasteiger partial charge >= 0.3 is 0 Å². The first-order chi connectivity index (χ1) is 18.6. The first-order valence-electron chi connectivity index (χ1n) is 12.2. The zero-order valence-electron chi connectivity index (χ0n) is 20.3. The highest BCUT2D eigenvalue weighted by molar-refractivity contribution is 6.11. The number of nitrogens with zero attached hydrogens (tertiary/aromatic N) is 4. The van der Waals surface area contributed by atoms with E-state index in [-0.39, 0.29) is 11.1 Å². The van der Waals surface area contributed by atoms with E-state index in [0.717, 1.165) is 21.8 Å². The Morgan fingerprint density at radius 1 is 0.842 bits per heavy atom. The van der Waals surface area contributed by atoms with Gasteiger partial charge in [0, 0.05) is 21.9 Å². The average Bonchev–Trinajstić information content (AvgIpc) is 3.36. The quantitative estimate of drug-likeness (QED) is 0.302. The second-order valence-corrected chi connectivity index (χ2v) is 9.17. The molecule has 6 heteroatoms. The number of benzene rings is 3. The lowest BCUT2D eigenvalue weighted by Crippen LogP contribution is -2.25. The van der Waals surface area contributed by atoms with Crippen molar-refractivity contribution < 1.29 is 0 Å². The van der Waals surface area contributed by atoms with Crippen molar-refractivity contribution in [1.29, 1.82) is 0 Å². The van der Waals surface area contributed by atoms with Gasteiger partial charge in [0.2, 0.25) is 0 Å². The van der Waals surface area contributed by atoms with E-state index in [4.69, 9.17) is 9.98 Å². The number of rotatable bonds is 2. The topological polar surface area (TPSA) is 69.2 Å². The monoisotopic (exact) mass is 492 g/mol. The number of aromatic nitrogens is 3. The molecule has 0 amide bonds. The molecule has 1 aromatic heterocycles. The Hall–Kier alpha value is -5.36. The van der Waals surface area contributed by atoms with Gasteiger partial charge in [-0.1, -0.05) is 67.8 Å². The fraction of sp³-hybridized carbons (Fsp3) is 0. The predicted molar refractivity (Wildman–Crippen MR) is 154 cm³/mol. The van der Waals surface area contributed by atoms with Crippen molar-refractivity contribution in [3.8, 4) is 5.82 Å². The summed E-state index contributed by atoms with van der Waals surface area (Å²) in [5.41, 5.74) is 2.68. The van der Waals surface area contributed by atoms with Crippen LogP contribution in [0.25, 0.3) is 54.9 Å². The van der Waals surface area contributed by atoms with Crippen molar-refractivity contribution in [2.45, 2.75) is 0 Å². The molecule has 0 atom stereocenters. The van der Waals surface area contributed by atoms with Crippen LogP contribution in [0, 0.1) is 0 Å². The summed E-state index contributed by atoms with van der Waals surface area (Å²) in [6, 6.07) is 15.3. The lowest BCUT2D eigenvalue weighted by molar-refractivity contribution is 0.982. The molecule has 0 spiro atoms. The normalized spacial score (nSPS) is 18.2. The molecule has 0 saturated carbocycles. The molecule has 0 N–H and O–H groups in total. The van der Waals surface area contributed by atoms with E-state index in [1.165, 1.54) is 4.57 Å². The van der Waals surface area contributed by atoms with Crippen LogP contribution in [0.4, 0.5) is 0 Å². The molecule has 38 heavy (non-hydrogen) atoms. The summed E-state index contributed by atoms with van der Waals surface area (Å²) < 4.78 is 3.14. The third kappa shape index (κ3) is 3.01. The molecule has 3 aromatic carbocycles. The molecular weight excluding hydrogens is 472 g/mol. The van der Waals surface area contributed by atoms with Gasteiger partial charge in [-0.05, 0) is 47.9 Å². The smallest absolute Gasteiger partial charge is 0.264 e. The lowest BCUT2D eigenvalue weighted by atomic mass is 10.1. The molecular formula is C32H20N4O2.